The molecule has 0 radical (unpaired) electrons. The summed E-state index contributed by atoms with van der Waals surface area (Å²) < 4.78 is 75.9. The van der Waals surface area contributed by atoms with Gasteiger partial charge in [0.2, 0.25) is 0 Å². The Morgan fingerprint density at radius 1 is 1.11 bits per heavy atom. The second-order valence-corrected chi connectivity index (χ2v) is 3.29. The van der Waals surface area contributed by atoms with Crippen LogP contribution in [0.1, 0.15) is 11.6 Å². The van der Waals surface area contributed by atoms with E-state index in [0.29, 0.717) is 18.2 Å². The lowest BCUT2D eigenvalue weighted by atomic mass is 10.1. The molecule has 0 spiro atoms. The highest BCUT2D eigenvalue weighted by Crippen LogP contribution is 2.37. The molecule has 0 fully saturated rings. The number of hydrogen-bond acceptors (Lipinski definition) is 3. The van der Waals surface area contributed by atoms with Crippen molar-refractivity contribution in [1.82, 2.24) is 0 Å². The molecule has 1 aromatic rings. The van der Waals surface area contributed by atoms with Crippen LogP contribution in [-0.2, 0) is 0 Å². The molecule has 18 heavy (non-hydrogen) atoms. The van der Waals surface area contributed by atoms with Gasteiger partial charge in [-0.25, -0.2) is 0 Å². The molecule has 0 aliphatic carbocycles. The molecular formula is C9H7F6NO2. The van der Waals surface area contributed by atoms with E-state index in [9.17, 15) is 26.3 Å². The van der Waals surface area contributed by atoms with E-state index in [-0.39, 0.29) is 0 Å². The van der Waals surface area contributed by atoms with Crippen LogP contribution in [0, 0.1) is 0 Å². The van der Waals surface area contributed by atoms with Gasteiger partial charge >= 0.3 is 12.5 Å². The van der Waals surface area contributed by atoms with Crippen molar-refractivity contribution in [3.05, 3.63) is 23.8 Å². The number of alkyl halides is 6. The first-order chi connectivity index (χ1) is 8.00. The number of hydrogen-bond donors (Lipinski definition) is 2. The molecule has 3 nitrogen and oxygen atoms in total. The maximum atomic E-state index is 12.3. The monoisotopic (exact) mass is 275 g/mol. The number of phenolic OH excluding ortho intramolecular Hbond substituents is 1. The summed E-state index contributed by atoms with van der Waals surface area (Å²) in [5.74, 6) is -1.76. The van der Waals surface area contributed by atoms with Gasteiger partial charge in [0.15, 0.2) is 0 Å². The fourth-order valence-corrected chi connectivity index (χ4v) is 1.16. The van der Waals surface area contributed by atoms with E-state index in [2.05, 4.69) is 4.74 Å². The summed E-state index contributed by atoms with van der Waals surface area (Å²) in [6.45, 7) is 0. The fourth-order valence-electron chi connectivity index (χ4n) is 1.16. The summed E-state index contributed by atoms with van der Waals surface area (Å²) in [4.78, 5) is 0. The summed E-state index contributed by atoms with van der Waals surface area (Å²) in [7, 11) is 0. The van der Waals surface area contributed by atoms with Crippen molar-refractivity contribution in [1.29, 1.82) is 0 Å². The van der Waals surface area contributed by atoms with E-state index < -0.39 is 35.6 Å². The number of rotatable bonds is 2. The second-order valence-electron chi connectivity index (χ2n) is 3.29. The Bertz CT molecular complexity index is 428. The van der Waals surface area contributed by atoms with E-state index >= 15 is 0 Å². The summed E-state index contributed by atoms with van der Waals surface area (Å²) in [5, 5.41) is 9.15. The number of aromatic hydroxyl groups is 1. The molecule has 0 aromatic heterocycles. The number of nitrogens with two attached hydrogens (primary N) is 1. The lowest BCUT2D eigenvalue weighted by Gasteiger charge is -2.18. The Morgan fingerprint density at radius 3 is 2.11 bits per heavy atom. The molecule has 0 unspecified atom stereocenters. The Balaban J connectivity index is 3.09. The van der Waals surface area contributed by atoms with Crippen molar-refractivity contribution in [2.75, 3.05) is 0 Å². The van der Waals surface area contributed by atoms with Gasteiger partial charge in [0, 0.05) is 5.56 Å². The molecule has 3 N–H and O–H groups in total. The van der Waals surface area contributed by atoms with E-state index in [1.807, 2.05) is 0 Å². The quantitative estimate of drug-likeness (QED) is 0.816. The van der Waals surface area contributed by atoms with Gasteiger partial charge in [-0.05, 0) is 18.2 Å². The zero-order chi connectivity index (χ0) is 14.1. The first-order valence-electron chi connectivity index (χ1n) is 4.41. The van der Waals surface area contributed by atoms with Crippen LogP contribution >= 0.6 is 0 Å². The fraction of sp³-hybridized carbons (Fsp3) is 0.333. The molecule has 1 rings (SSSR count). The molecule has 0 saturated carbocycles. The van der Waals surface area contributed by atoms with Crippen molar-refractivity contribution in [3.8, 4) is 11.5 Å². The zero-order valence-corrected chi connectivity index (χ0v) is 8.51. The van der Waals surface area contributed by atoms with Gasteiger partial charge in [-0.2, -0.15) is 13.2 Å². The third-order valence-electron chi connectivity index (χ3n) is 1.92. The Morgan fingerprint density at radius 2 is 1.67 bits per heavy atom. The first kappa shape index (κ1) is 14.4. The van der Waals surface area contributed by atoms with Crippen LogP contribution in [0.5, 0.6) is 11.5 Å². The van der Waals surface area contributed by atoms with Crippen LogP contribution in [-0.4, -0.2) is 17.6 Å². The van der Waals surface area contributed by atoms with Crippen molar-refractivity contribution in [2.24, 2.45) is 5.73 Å². The normalized spacial score (nSPS) is 14.4. The number of ether oxygens (including phenoxy) is 1. The summed E-state index contributed by atoms with van der Waals surface area (Å²) in [6, 6.07) is -0.896. The lowest BCUT2D eigenvalue weighted by molar-refractivity contribution is -0.274. The predicted octanol–water partition coefficient (Wildman–Crippen LogP) is 2.85. The average Bonchev–Trinajstić information content (AvgIpc) is 2.16. The van der Waals surface area contributed by atoms with Crippen LogP contribution in [0.2, 0.25) is 0 Å². The third kappa shape index (κ3) is 3.69. The molecule has 0 bridgehead atoms. The van der Waals surface area contributed by atoms with Crippen LogP contribution in [0.3, 0.4) is 0 Å². The standard InChI is InChI=1S/C9H7F6NO2/c10-8(11,12)7(16)5-3-4(1-2-6(5)17)18-9(13,14)15/h1-3,7,17H,16H2/t7-/m1/s1. The molecule has 0 heterocycles. The summed E-state index contributed by atoms with van der Waals surface area (Å²) in [5.41, 5.74) is 3.88. The highest BCUT2D eigenvalue weighted by Gasteiger charge is 2.40. The van der Waals surface area contributed by atoms with E-state index in [0.717, 1.165) is 0 Å². The van der Waals surface area contributed by atoms with Crippen molar-refractivity contribution >= 4 is 0 Å². The van der Waals surface area contributed by atoms with E-state index in [1.165, 1.54) is 0 Å². The maximum Gasteiger partial charge on any atom is 0.573 e. The van der Waals surface area contributed by atoms with Gasteiger partial charge in [0.1, 0.15) is 17.5 Å². The molecular weight excluding hydrogens is 268 g/mol. The summed E-state index contributed by atoms with van der Waals surface area (Å²) in [6.07, 6.45) is -9.94. The molecule has 0 aliphatic heterocycles. The Labute approximate surface area is 96.8 Å². The van der Waals surface area contributed by atoms with Gasteiger partial charge in [0.05, 0.1) is 0 Å². The topological polar surface area (TPSA) is 55.5 Å². The highest BCUT2D eigenvalue weighted by atomic mass is 19.4. The van der Waals surface area contributed by atoms with E-state index in [1.54, 1.807) is 0 Å². The second kappa shape index (κ2) is 4.56. The van der Waals surface area contributed by atoms with Crippen LogP contribution in [0.15, 0.2) is 18.2 Å². The Hall–Kier alpha value is -1.64. The summed E-state index contributed by atoms with van der Waals surface area (Å²) >= 11 is 0. The first-order valence-corrected chi connectivity index (χ1v) is 4.41. The number of halogens is 6. The van der Waals surface area contributed by atoms with Crippen LogP contribution in [0.25, 0.3) is 0 Å². The minimum Gasteiger partial charge on any atom is -0.508 e. The largest absolute Gasteiger partial charge is 0.573 e. The van der Waals surface area contributed by atoms with Crippen molar-refractivity contribution in [3.63, 3.8) is 0 Å². The van der Waals surface area contributed by atoms with Gasteiger partial charge in [-0.1, -0.05) is 0 Å². The van der Waals surface area contributed by atoms with Crippen LogP contribution in [0.4, 0.5) is 26.3 Å². The molecule has 0 aliphatic rings. The van der Waals surface area contributed by atoms with E-state index in [4.69, 9.17) is 10.8 Å². The number of phenols is 1. The number of benzene rings is 1. The maximum absolute atomic E-state index is 12.3. The minimum atomic E-state index is -5.05. The molecule has 0 saturated heterocycles. The molecule has 1 aromatic carbocycles. The molecule has 102 valence electrons. The Kier molecular flexibility index (Phi) is 3.65. The van der Waals surface area contributed by atoms with Gasteiger partial charge in [-0.3, -0.25) is 0 Å². The highest BCUT2D eigenvalue weighted by molar-refractivity contribution is 5.41. The lowest BCUT2D eigenvalue weighted by Crippen LogP contribution is -2.28. The van der Waals surface area contributed by atoms with Gasteiger partial charge < -0.3 is 15.6 Å². The SMILES string of the molecule is N[C@H](c1cc(OC(F)(F)F)ccc1O)C(F)(F)F. The predicted molar refractivity (Wildman–Crippen MR) is 47.8 cm³/mol. The van der Waals surface area contributed by atoms with Crippen molar-refractivity contribution in [2.45, 2.75) is 18.6 Å². The average molecular weight is 275 g/mol. The van der Waals surface area contributed by atoms with Crippen LogP contribution < -0.4 is 10.5 Å². The third-order valence-corrected chi connectivity index (χ3v) is 1.92. The molecule has 1 atom stereocenters. The minimum absolute atomic E-state index is 0.390. The smallest absolute Gasteiger partial charge is 0.508 e. The van der Waals surface area contributed by atoms with Gasteiger partial charge in [-0.15, -0.1) is 13.2 Å². The van der Waals surface area contributed by atoms with Crippen molar-refractivity contribution < 1.29 is 36.2 Å². The molecule has 0 amide bonds. The molecule has 9 heteroatoms. The zero-order valence-electron chi connectivity index (χ0n) is 8.51. The van der Waals surface area contributed by atoms with Gasteiger partial charge in [0.25, 0.3) is 0 Å².